The summed E-state index contributed by atoms with van der Waals surface area (Å²) in [4.78, 5) is 22.3. The molecule has 3 rings (SSSR count). The van der Waals surface area contributed by atoms with Gasteiger partial charge >= 0.3 is 0 Å². The van der Waals surface area contributed by atoms with E-state index in [9.17, 15) is 9.59 Å². The summed E-state index contributed by atoms with van der Waals surface area (Å²) in [7, 11) is 0. The second-order valence-electron chi connectivity index (χ2n) is 5.25. The zero-order valence-electron chi connectivity index (χ0n) is 12.4. The fraction of sp³-hybridized carbons (Fsp3) is 0.111. The predicted octanol–water partition coefficient (Wildman–Crippen LogP) is 2.52. The summed E-state index contributed by atoms with van der Waals surface area (Å²) in [6.45, 7) is 0.468. The third-order valence-electron chi connectivity index (χ3n) is 3.59. The van der Waals surface area contributed by atoms with Crippen LogP contribution in [-0.4, -0.2) is 16.8 Å². The van der Waals surface area contributed by atoms with Crippen molar-refractivity contribution in [2.75, 3.05) is 0 Å². The first kappa shape index (κ1) is 14.8. The van der Waals surface area contributed by atoms with Crippen molar-refractivity contribution < 1.29 is 14.3 Å². The molecule has 2 N–H and O–H groups in total. The number of hydrogen-bond donors (Lipinski definition) is 1. The van der Waals surface area contributed by atoms with Crippen molar-refractivity contribution in [2.45, 2.75) is 13.2 Å². The number of rotatable bonds is 6. The third kappa shape index (κ3) is 3.23. The standard InChI is InChI=1S/C18H16N2O3/c19-18(22)10-20-9-14(11-21)16-7-6-15(8-17(16)20)23-12-13-4-2-1-3-5-13/h1-9,11H,10,12H2,(H2,19,22). The van der Waals surface area contributed by atoms with Crippen LogP contribution < -0.4 is 10.5 Å². The second-order valence-corrected chi connectivity index (χ2v) is 5.25. The molecule has 0 aliphatic heterocycles. The Labute approximate surface area is 133 Å². The molecule has 3 aromatic rings. The molecular formula is C18H16N2O3. The number of carbonyl (C=O) groups excluding carboxylic acids is 2. The molecule has 5 heteroatoms. The van der Waals surface area contributed by atoms with E-state index in [-0.39, 0.29) is 6.54 Å². The fourth-order valence-electron chi connectivity index (χ4n) is 2.52. The highest BCUT2D eigenvalue weighted by molar-refractivity contribution is 5.98. The van der Waals surface area contributed by atoms with Gasteiger partial charge in [0, 0.05) is 23.2 Å². The summed E-state index contributed by atoms with van der Waals surface area (Å²) < 4.78 is 7.45. The van der Waals surface area contributed by atoms with Crippen molar-refractivity contribution >= 4 is 23.1 Å². The van der Waals surface area contributed by atoms with Gasteiger partial charge in [0.15, 0.2) is 6.29 Å². The summed E-state index contributed by atoms with van der Waals surface area (Å²) in [5.41, 5.74) is 7.59. The van der Waals surface area contributed by atoms with Crippen LogP contribution in [0.3, 0.4) is 0 Å². The highest BCUT2D eigenvalue weighted by atomic mass is 16.5. The molecule has 116 valence electrons. The van der Waals surface area contributed by atoms with Crippen molar-refractivity contribution in [2.24, 2.45) is 5.73 Å². The van der Waals surface area contributed by atoms with Gasteiger partial charge in [-0.05, 0) is 17.7 Å². The number of benzene rings is 2. The Hall–Kier alpha value is -3.08. The molecule has 23 heavy (non-hydrogen) atoms. The normalized spacial score (nSPS) is 10.6. The predicted molar refractivity (Wildman–Crippen MR) is 87.3 cm³/mol. The lowest BCUT2D eigenvalue weighted by Gasteiger charge is -2.08. The average molecular weight is 308 g/mol. The van der Waals surface area contributed by atoms with E-state index in [0.717, 1.165) is 22.8 Å². The molecule has 0 bridgehead atoms. The molecule has 0 atom stereocenters. The van der Waals surface area contributed by atoms with Gasteiger partial charge in [-0.25, -0.2) is 0 Å². The fourth-order valence-corrected chi connectivity index (χ4v) is 2.52. The van der Waals surface area contributed by atoms with Crippen molar-refractivity contribution in [1.82, 2.24) is 4.57 Å². The highest BCUT2D eigenvalue weighted by Gasteiger charge is 2.10. The summed E-state index contributed by atoms with van der Waals surface area (Å²) in [5.74, 6) is 0.206. The largest absolute Gasteiger partial charge is 0.489 e. The number of nitrogens with zero attached hydrogens (tertiary/aromatic N) is 1. The van der Waals surface area contributed by atoms with Crippen LogP contribution in [0.15, 0.2) is 54.7 Å². The Bertz CT molecular complexity index is 853. The molecule has 0 spiro atoms. The molecule has 2 aromatic carbocycles. The first-order valence-electron chi connectivity index (χ1n) is 7.20. The lowest BCUT2D eigenvalue weighted by molar-refractivity contribution is -0.118. The lowest BCUT2D eigenvalue weighted by Crippen LogP contribution is -2.17. The van der Waals surface area contributed by atoms with E-state index >= 15 is 0 Å². The Balaban J connectivity index is 1.90. The van der Waals surface area contributed by atoms with Gasteiger partial charge < -0.3 is 15.0 Å². The first-order chi connectivity index (χ1) is 11.2. The van der Waals surface area contributed by atoms with Crippen LogP contribution in [0.1, 0.15) is 15.9 Å². The van der Waals surface area contributed by atoms with Gasteiger partial charge in [-0.1, -0.05) is 30.3 Å². The summed E-state index contributed by atoms with van der Waals surface area (Å²) in [6.07, 6.45) is 2.40. The number of amides is 1. The van der Waals surface area contributed by atoms with Crippen LogP contribution >= 0.6 is 0 Å². The van der Waals surface area contributed by atoms with E-state index in [1.165, 1.54) is 0 Å². The van der Waals surface area contributed by atoms with Crippen LogP contribution in [0.2, 0.25) is 0 Å². The van der Waals surface area contributed by atoms with Crippen LogP contribution in [0.5, 0.6) is 5.75 Å². The van der Waals surface area contributed by atoms with Crippen LogP contribution in [-0.2, 0) is 17.9 Å². The summed E-state index contributed by atoms with van der Waals surface area (Å²) in [5, 5.41) is 0.772. The maximum Gasteiger partial charge on any atom is 0.237 e. The first-order valence-corrected chi connectivity index (χ1v) is 7.20. The van der Waals surface area contributed by atoms with Crippen LogP contribution in [0.4, 0.5) is 0 Å². The molecule has 0 aliphatic carbocycles. The Morgan fingerprint density at radius 1 is 1.17 bits per heavy atom. The van der Waals surface area contributed by atoms with Gasteiger partial charge in [0.25, 0.3) is 0 Å². The summed E-state index contributed by atoms with van der Waals surface area (Å²) >= 11 is 0. The van der Waals surface area contributed by atoms with Crippen molar-refractivity contribution in [3.63, 3.8) is 0 Å². The molecule has 0 aliphatic rings. The summed E-state index contributed by atoms with van der Waals surface area (Å²) in [6, 6.07) is 15.3. The molecule has 0 fully saturated rings. The number of ether oxygens (including phenoxy) is 1. The van der Waals surface area contributed by atoms with Crippen molar-refractivity contribution in [3.05, 3.63) is 65.9 Å². The van der Waals surface area contributed by atoms with Gasteiger partial charge in [-0.15, -0.1) is 0 Å². The Kier molecular flexibility index (Phi) is 4.10. The van der Waals surface area contributed by atoms with E-state index in [4.69, 9.17) is 10.5 Å². The zero-order chi connectivity index (χ0) is 16.2. The monoisotopic (exact) mass is 308 g/mol. The van der Waals surface area contributed by atoms with E-state index < -0.39 is 5.91 Å². The van der Waals surface area contributed by atoms with Crippen LogP contribution in [0.25, 0.3) is 10.9 Å². The third-order valence-corrected chi connectivity index (χ3v) is 3.59. The second kappa shape index (κ2) is 6.36. The molecular weight excluding hydrogens is 292 g/mol. The number of hydrogen-bond acceptors (Lipinski definition) is 3. The van der Waals surface area contributed by atoms with Crippen LogP contribution in [0, 0.1) is 0 Å². The molecule has 0 radical (unpaired) electrons. The Morgan fingerprint density at radius 2 is 1.96 bits per heavy atom. The molecule has 0 saturated carbocycles. The van der Waals surface area contributed by atoms with Crippen molar-refractivity contribution in [1.29, 1.82) is 0 Å². The number of fused-ring (bicyclic) bond motifs is 1. The minimum absolute atomic E-state index is 0.0203. The molecule has 5 nitrogen and oxygen atoms in total. The van der Waals surface area contributed by atoms with Gasteiger partial charge in [-0.3, -0.25) is 9.59 Å². The van der Waals surface area contributed by atoms with E-state index in [1.807, 2.05) is 48.5 Å². The van der Waals surface area contributed by atoms with E-state index in [2.05, 4.69) is 0 Å². The quantitative estimate of drug-likeness (QED) is 0.711. The number of aromatic nitrogens is 1. The van der Waals surface area contributed by atoms with Gasteiger partial charge in [-0.2, -0.15) is 0 Å². The maximum absolute atomic E-state index is 11.2. The molecule has 1 amide bonds. The number of nitrogens with two attached hydrogens (primary N) is 1. The van der Waals surface area contributed by atoms with Crippen molar-refractivity contribution in [3.8, 4) is 5.75 Å². The highest BCUT2D eigenvalue weighted by Crippen LogP contribution is 2.25. The van der Waals surface area contributed by atoms with E-state index in [1.54, 1.807) is 10.8 Å². The minimum Gasteiger partial charge on any atom is -0.489 e. The SMILES string of the molecule is NC(=O)Cn1cc(C=O)c2ccc(OCc3ccccc3)cc21. The Morgan fingerprint density at radius 3 is 2.65 bits per heavy atom. The molecule has 0 unspecified atom stereocenters. The molecule has 1 aromatic heterocycles. The van der Waals surface area contributed by atoms with Gasteiger partial charge in [0.2, 0.25) is 5.91 Å². The maximum atomic E-state index is 11.2. The lowest BCUT2D eigenvalue weighted by atomic mass is 10.2. The molecule has 1 heterocycles. The number of carbonyl (C=O) groups is 2. The topological polar surface area (TPSA) is 74.3 Å². The zero-order valence-corrected chi connectivity index (χ0v) is 12.4. The molecule has 0 saturated heterocycles. The van der Waals surface area contributed by atoms with E-state index in [0.29, 0.717) is 17.9 Å². The average Bonchev–Trinajstić information content (AvgIpc) is 2.90. The van der Waals surface area contributed by atoms with Gasteiger partial charge in [0.1, 0.15) is 18.9 Å². The minimum atomic E-state index is -0.463. The number of primary amides is 1. The smallest absolute Gasteiger partial charge is 0.237 e. The number of aldehydes is 1. The van der Waals surface area contributed by atoms with Gasteiger partial charge in [0.05, 0.1) is 5.52 Å².